The van der Waals surface area contributed by atoms with Gasteiger partial charge in [0.25, 0.3) is 0 Å². The Labute approximate surface area is 104 Å². The van der Waals surface area contributed by atoms with Crippen LogP contribution in [0, 0.1) is 11.6 Å². The van der Waals surface area contributed by atoms with Crippen molar-refractivity contribution in [1.29, 1.82) is 0 Å². The van der Waals surface area contributed by atoms with Gasteiger partial charge in [-0.25, -0.2) is 8.78 Å². The van der Waals surface area contributed by atoms with Crippen molar-refractivity contribution in [3.63, 3.8) is 0 Å². The molecule has 1 heterocycles. The maximum Gasteiger partial charge on any atom is 0.126 e. The van der Waals surface area contributed by atoms with E-state index in [9.17, 15) is 8.78 Å². The van der Waals surface area contributed by atoms with Gasteiger partial charge in [-0.3, -0.25) is 4.68 Å². The van der Waals surface area contributed by atoms with Crippen LogP contribution in [0.15, 0.2) is 24.4 Å². The smallest absolute Gasteiger partial charge is 0.126 e. The van der Waals surface area contributed by atoms with E-state index in [1.54, 1.807) is 11.7 Å². The summed E-state index contributed by atoms with van der Waals surface area (Å²) in [6.45, 7) is 3.45. The van der Waals surface area contributed by atoms with Gasteiger partial charge < -0.3 is 5.32 Å². The lowest BCUT2D eigenvalue weighted by Crippen LogP contribution is -2.11. The third-order valence-corrected chi connectivity index (χ3v) is 2.61. The lowest BCUT2D eigenvalue weighted by molar-refractivity contribution is 0.584. The van der Waals surface area contributed by atoms with E-state index in [2.05, 4.69) is 10.4 Å². The fourth-order valence-electron chi connectivity index (χ4n) is 1.86. The highest BCUT2D eigenvalue weighted by Crippen LogP contribution is 2.23. The summed E-state index contributed by atoms with van der Waals surface area (Å²) in [4.78, 5) is 0. The number of nitrogens with zero attached hydrogens (tertiary/aromatic N) is 2. The molecule has 0 aliphatic heterocycles. The summed E-state index contributed by atoms with van der Waals surface area (Å²) in [5.41, 5.74) is 1.99. The quantitative estimate of drug-likeness (QED) is 0.904. The molecular weight excluding hydrogens is 236 g/mol. The highest BCUT2D eigenvalue weighted by Gasteiger charge is 2.11. The highest BCUT2D eigenvalue weighted by molar-refractivity contribution is 5.62. The van der Waals surface area contributed by atoms with E-state index in [0.717, 1.165) is 18.2 Å². The maximum absolute atomic E-state index is 13.2. The predicted octanol–water partition coefficient (Wildman–Crippen LogP) is 2.47. The van der Waals surface area contributed by atoms with Crippen molar-refractivity contribution in [2.75, 3.05) is 6.54 Å². The zero-order valence-electron chi connectivity index (χ0n) is 10.4. The normalized spacial score (nSPS) is 10.9. The second kappa shape index (κ2) is 5.27. The van der Waals surface area contributed by atoms with Crippen molar-refractivity contribution in [3.8, 4) is 11.3 Å². The molecule has 2 rings (SSSR count). The summed E-state index contributed by atoms with van der Waals surface area (Å²) < 4.78 is 28.1. The number of hydrogen-bond donors (Lipinski definition) is 1. The first-order valence-corrected chi connectivity index (χ1v) is 5.80. The van der Waals surface area contributed by atoms with E-state index in [1.165, 1.54) is 12.1 Å². The molecule has 0 saturated heterocycles. The van der Waals surface area contributed by atoms with Gasteiger partial charge in [-0.1, -0.05) is 6.92 Å². The van der Waals surface area contributed by atoms with E-state index in [0.29, 0.717) is 17.8 Å². The molecule has 96 valence electrons. The largest absolute Gasteiger partial charge is 0.313 e. The van der Waals surface area contributed by atoms with Crippen molar-refractivity contribution in [2.24, 2.45) is 7.05 Å². The summed E-state index contributed by atoms with van der Waals surface area (Å²) in [5, 5.41) is 7.44. The Morgan fingerprint density at radius 2 is 1.89 bits per heavy atom. The Hall–Kier alpha value is -1.75. The van der Waals surface area contributed by atoms with Crippen molar-refractivity contribution in [1.82, 2.24) is 15.1 Å². The first-order valence-electron chi connectivity index (χ1n) is 5.80. The second-order valence-corrected chi connectivity index (χ2v) is 4.12. The zero-order chi connectivity index (χ0) is 13.1. The topological polar surface area (TPSA) is 29.9 Å². The van der Waals surface area contributed by atoms with Crippen molar-refractivity contribution in [2.45, 2.75) is 13.5 Å². The van der Waals surface area contributed by atoms with Crippen LogP contribution in [0.3, 0.4) is 0 Å². The Balaban J connectivity index is 2.42. The molecule has 0 atom stereocenters. The molecule has 3 nitrogen and oxygen atoms in total. The van der Waals surface area contributed by atoms with Crippen LogP contribution in [0.2, 0.25) is 0 Å². The molecule has 0 amide bonds. The SMILES string of the molecule is CCNCc1cn(C)nc1-c1cc(F)cc(F)c1. The highest BCUT2D eigenvalue weighted by atomic mass is 19.1. The van der Waals surface area contributed by atoms with E-state index >= 15 is 0 Å². The lowest BCUT2D eigenvalue weighted by Gasteiger charge is -2.03. The second-order valence-electron chi connectivity index (χ2n) is 4.12. The molecule has 0 bridgehead atoms. The van der Waals surface area contributed by atoms with Gasteiger partial charge in [0, 0.05) is 37.0 Å². The van der Waals surface area contributed by atoms with Crippen molar-refractivity contribution < 1.29 is 8.78 Å². The third-order valence-electron chi connectivity index (χ3n) is 2.61. The molecular formula is C13H15F2N3. The number of halogens is 2. The van der Waals surface area contributed by atoms with E-state index in [4.69, 9.17) is 0 Å². The Morgan fingerprint density at radius 1 is 1.22 bits per heavy atom. The van der Waals surface area contributed by atoms with Gasteiger partial charge >= 0.3 is 0 Å². The monoisotopic (exact) mass is 251 g/mol. The number of rotatable bonds is 4. The third kappa shape index (κ3) is 2.73. The van der Waals surface area contributed by atoms with Crippen molar-refractivity contribution in [3.05, 3.63) is 41.6 Å². The van der Waals surface area contributed by atoms with Crippen LogP contribution < -0.4 is 5.32 Å². The summed E-state index contributed by atoms with van der Waals surface area (Å²) in [6, 6.07) is 3.44. The number of hydrogen-bond acceptors (Lipinski definition) is 2. The van der Waals surface area contributed by atoms with Crippen LogP contribution in [-0.4, -0.2) is 16.3 Å². The molecule has 5 heteroatoms. The van der Waals surface area contributed by atoms with Crippen molar-refractivity contribution >= 4 is 0 Å². The van der Waals surface area contributed by atoms with Crippen LogP contribution in [-0.2, 0) is 13.6 Å². The maximum atomic E-state index is 13.2. The van der Waals surface area contributed by atoms with Gasteiger partial charge in [0.2, 0.25) is 0 Å². The van der Waals surface area contributed by atoms with E-state index < -0.39 is 11.6 Å². The first-order chi connectivity index (χ1) is 8.60. The van der Waals surface area contributed by atoms with Gasteiger partial charge in [0.05, 0.1) is 5.69 Å². The molecule has 2 aromatic rings. The van der Waals surface area contributed by atoms with Gasteiger partial charge in [0.15, 0.2) is 0 Å². The molecule has 18 heavy (non-hydrogen) atoms. The molecule has 1 aromatic carbocycles. The molecule has 1 aromatic heterocycles. The van der Waals surface area contributed by atoms with Gasteiger partial charge in [-0.05, 0) is 18.7 Å². The summed E-state index contributed by atoms with van der Waals surface area (Å²) in [7, 11) is 1.79. The molecule has 0 saturated carbocycles. The molecule has 1 N–H and O–H groups in total. The molecule has 0 radical (unpaired) electrons. The van der Waals surface area contributed by atoms with E-state index in [-0.39, 0.29) is 0 Å². The average molecular weight is 251 g/mol. The zero-order valence-corrected chi connectivity index (χ0v) is 10.4. The predicted molar refractivity (Wildman–Crippen MR) is 65.9 cm³/mol. The fraction of sp³-hybridized carbons (Fsp3) is 0.308. The van der Waals surface area contributed by atoms with Crippen LogP contribution in [0.25, 0.3) is 11.3 Å². The molecule has 0 aliphatic rings. The van der Waals surface area contributed by atoms with Crippen LogP contribution in [0.1, 0.15) is 12.5 Å². The molecule has 0 spiro atoms. The molecule has 0 fully saturated rings. The number of nitrogens with one attached hydrogen (secondary N) is 1. The van der Waals surface area contributed by atoms with Gasteiger partial charge in [-0.15, -0.1) is 0 Å². The number of aromatic nitrogens is 2. The minimum atomic E-state index is -0.593. The first kappa shape index (κ1) is 12.7. The van der Waals surface area contributed by atoms with Crippen LogP contribution in [0.4, 0.5) is 8.78 Å². The fourth-order valence-corrected chi connectivity index (χ4v) is 1.86. The molecule has 0 unspecified atom stereocenters. The summed E-state index contributed by atoms with van der Waals surface area (Å²) >= 11 is 0. The van der Waals surface area contributed by atoms with Gasteiger partial charge in [-0.2, -0.15) is 5.10 Å². The standard InChI is InChI=1S/C13H15F2N3/c1-3-16-7-10-8-18(2)17-13(10)9-4-11(14)6-12(15)5-9/h4-6,8,16H,3,7H2,1-2H3. The number of benzene rings is 1. The van der Waals surface area contributed by atoms with Crippen LogP contribution in [0.5, 0.6) is 0 Å². The van der Waals surface area contributed by atoms with E-state index in [1.807, 2.05) is 13.1 Å². The molecule has 0 aliphatic carbocycles. The minimum absolute atomic E-state index is 0.459. The lowest BCUT2D eigenvalue weighted by atomic mass is 10.1. The van der Waals surface area contributed by atoms with Crippen LogP contribution >= 0.6 is 0 Å². The Morgan fingerprint density at radius 3 is 2.50 bits per heavy atom. The minimum Gasteiger partial charge on any atom is -0.313 e. The Kier molecular flexibility index (Phi) is 3.72. The number of aryl methyl sites for hydroxylation is 1. The Bertz CT molecular complexity index is 529. The summed E-state index contributed by atoms with van der Waals surface area (Å²) in [6.07, 6.45) is 1.85. The average Bonchev–Trinajstić information content (AvgIpc) is 2.66. The summed E-state index contributed by atoms with van der Waals surface area (Å²) in [5.74, 6) is -1.19. The van der Waals surface area contributed by atoms with Gasteiger partial charge in [0.1, 0.15) is 11.6 Å².